The Bertz CT molecular complexity index is 325. The standard InChI is InChI=1S/C15H26O3/c1-7-14(5,16)15(11-18-15)12(2)9-8-10-13(3,4)17-6/h7-8,10,12,16H,1,9,11H2,2-6H3/b10-8+/t12-,14-,15-/m0/s1. The van der Waals surface area contributed by atoms with E-state index in [1.165, 1.54) is 0 Å². The molecule has 1 aliphatic rings. The molecular weight excluding hydrogens is 228 g/mol. The van der Waals surface area contributed by atoms with Gasteiger partial charge in [-0.2, -0.15) is 0 Å². The predicted molar refractivity (Wildman–Crippen MR) is 73.5 cm³/mol. The number of epoxide rings is 1. The highest BCUT2D eigenvalue weighted by molar-refractivity contribution is 5.17. The van der Waals surface area contributed by atoms with Crippen molar-refractivity contribution in [2.24, 2.45) is 5.92 Å². The Kier molecular flexibility index (Phi) is 4.42. The Morgan fingerprint density at radius 2 is 2.06 bits per heavy atom. The third-order valence-corrected chi connectivity index (χ3v) is 4.04. The average Bonchev–Trinajstić information content (AvgIpc) is 3.10. The van der Waals surface area contributed by atoms with Crippen molar-refractivity contribution < 1.29 is 14.6 Å². The molecule has 0 aromatic carbocycles. The van der Waals surface area contributed by atoms with E-state index in [0.29, 0.717) is 6.61 Å². The molecule has 1 aliphatic heterocycles. The summed E-state index contributed by atoms with van der Waals surface area (Å²) in [5.74, 6) is 0.231. The lowest BCUT2D eigenvalue weighted by atomic mass is 9.78. The highest BCUT2D eigenvalue weighted by Crippen LogP contribution is 2.46. The van der Waals surface area contributed by atoms with Gasteiger partial charge in [-0.05, 0) is 33.1 Å². The molecule has 3 heteroatoms. The zero-order valence-corrected chi connectivity index (χ0v) is 12.2. The molecule has 1 heterocycles. The summed E-state index contributed by atoms with van der Waals surface area (Å²) in [6, 6.07) is 0. The first-order valence-corrected chi connectivity index (χ1v) is 6.43. The van der Waals surface area contributed by atoms with Crippen LogP contribution in [0.5, 0.6) is 0 Å². The Hall–Kier alpha value is -0.640. The maximum atomic E-state index is 10.3. The van der Waals surface area contributed by atoms with Crippen molar-refractivity contribution >= 4 is 0 Å². The van der Waals surface area contributed by atoms with Crippen LogP contribution >= 0.6 is 0 Å². The molecule has 1 rings (SSSR count). The van der Waals surface area contributed by atoms with Gasteiger partial charge in [0.2, 0.25) is 0 Å². The van der Waals surface area contributed by atoms with Crippen LogP contribution in [0.15, 0.2) is 24.8 Å². The van der Waals surface area contributed by atoms with Crippen LogP contribution in [-0.2, 0) is 9.47 Å². The molecule has 0 bridgehead atoms. The fourth-order valence-electron chi connectivity index (χ4n) is 2.14. The van der Waals surface area contributed by atoms with Gasteiger partial charge < -0.3 is 14.6 Å². The fraction of sp³-hybridized carbons (Fsp3) is 0.733. The van der Waals surface area contributed by atoms with Gasteiger partial charge in [0.25, 0.3) is 0 Å². The summed E-state index contributed by atoms with van der Waals surface area (Å²) in [5.41, 5.74) is -1.70. The number of allylic oxidation sites excluding steroid dienone is 1. The van der Waals surface area contributed by atoms with Crippen LogP contribution in [-0.4, -0.2) is 35.6 Å². The average molecular weight is 254 g/mol. The van der Waals surface area contributed by atoms with Crippen molar-refractivity contribution in [2.75, 3.05) is 13.7 Å². The highest BCUT2D eigenvalue weighted by Gasteiger charge is 2.60. The van der Waals surface area contributed by atoms with Gasteiger partial charge in [-0.15, -0.1) is 6.58 Å². The first-order valence-electron chi connectivity index (χ1n) is 6.43. The first-order chi connectivity index (χ1) is 8.21. The van der Waals surface area contributed by atoms with Crippen LogP contribution in [0.2, 0.25) is 0 Å². The van der Waals surface area contributed by atoms with Crippen molar-refractivity contribution in [3.8, 4) is 0 Å². The topological polar surface area (TPSA) is 42.0 Å². The summed E-state index contributed by atoms with van der Waals surface area (Å²) in [6.07, 6.45) is 6.55. The lowest BCUT2D eigenvalue weighted by molar-refractivity contribution is -0.00633. The van der Waals surface area contributed by atoms with Gasteiger partial charge in [-0.3, -0.25) is 0 Å². The molecule has 0 amide bonds. The second-order valence-electron chi connectivity index (χ2n) is 5.88. The van der Waals surface area contributed by atoms with Crippen molar-refractivity contribution in [1.29, 1.82) is 0 Å². The van der Waals surface area contributed by atoms with E-state index in [9.17, 15) is 5.11 Å². The van der Waals surface area contributed by atoms with E-state index in [2.05, 4.69) is 19.6 Å². The summed E-state index contributed by atoms with van der Waals surface area (Å²) in [6.45, 7) is 12.1. The number of hydrogen-bond acceptors (Lipinski definition) is 3. The molecule has 0 aromatic heterocycles. The lowest BCUT2D eigenvalue weighted by Crippen LogP contribution is -2.45. The molecule has 1 saturated heterocycles. The number of methoxy groups -OCH3 is 1. The van der Waals surface area contributed by atoms with Crippen LogP contribution in [0.3, 0.4) is 0 Å². The van der Waals surface area contributed by atoms with Gasteiger partial charge in [0.1, 0.15) is 11.2 Å². The molecular formula is C15H26O3. The van der Waals surface area contributed by atoms with E-state index in [1.54, 1.807) is 20.1 Å². The smallest absolute Gasteiger partial charge is 0.126 e. The highest BCUT2D eigenvalue weighted by atomic mass is 16.6. The van der Waals surface area contributed by atoms with E-state index in [0.717, 1.165) is 6.42 Å². The second-order valence-corrected chi connectivity index (χ2v) is 5.88. The van der Waals surface area contributed by atoms with Crippen LogP contribution in [0.25, 0.3) is 0 Å². The molecule has 0 unspecified atom stereocenters. The van der Waals surface area contributed by atoms with E-state index >= 15 is 0 Å². The maximum absolute atomic E-state index is 10.3. The van der Waals surface area contributed by atoms with Gasteiger partial charge in [0, 0.05) is 7.11 Å². The fourth-order valence-corrected chi connectivity index (χ4v) is 2.14. The van der Waals surface area contributed by atoms with E-state index in [-0.39, 0.29) is 11.5 Å². The molecule has 104 valence electrons. The van der Waals surface area contributed by atoms with E-state index < -0.39 is 11.2 Å². The van der Waals surface area contributed by atoms with Crippen molar-refractivity contribution in [2.45, 2.75) is 50.9 Å². The largest absolute Gasteiger partial charge is 0.383 e. The first kappa shape index (κ1) is 15.4. The summed E-state index contributed by atoms with van der Waals surface area (Å²) in [7, 11) is 1.70. The molecule has 0 aliphatic carbocycles. The lowest BCUT2D eigenvalue weighted by Gasteiger charge is -2.31. The zero-order valence-electron chi connectivity index (χ0n) is 12.2. The summed E-state index contributed by atoms with van der Waals surface area (Å²) in [4.78, 5) is 0. The summed E-state index contributed by atoms with van der Waals surface area (Å²) in [5, 5.41) is 10.3. The van der Waals surface area contributed by atoms with Crippen LogP contribution in [0, 0.1) is 5.92 Å². The van der Waals surface area contributed by atoms with Crippen molar-refractivity contribution in [3.05, 3.63) is 24.8 Å². The van der Waals surface area contributed by atoms with Crippen molar-refractivity contribution in [1.82, 2.24) is 0 Å². The minimum atomic E-state index is -0.975. The number of aliphatic hydroxyl groups is 1. The molecule has 0 radical (unpaired) electrons. The number of ether oxygens (including phenoxy) is 2. The summed E-state index contributed by atoms with van der Waals surface area (Å²) >= 11 is 0. The minimum Gasteiger partial charge on any atom is -0.383 e. The molecule has 0 saturated carbocycles. The molecule has 0 spiro atoms. The molecule has 0 aromatic rings. The second kappa shape index (κ2) is 5.16. The number of rotatable bonds is 7. The number of hydrogen-bond donors (Lipinski definition) is 1. The summed E-state index contributed by atoms with van der Waals surface area (Å²) < 4.78 is 10.9. The Morgan fingerprint density at radius 1 is 1.50 bits per heavy atom. The normalized spacial score (nSPS) is 29.0. The molecule has 18 heavy (non-hydrogen) atoms. The quantitative estimate of drug-likeness (QED) is 0.561. The monoisotopic (exact) mass is 254 g/mol. The maximum Gasteiger partial charge on any atom is 0.126 e. The van der Waals surface area contributed by atoms with E-state index in [4.69, 9.17) is 9.47 Å². The molecule has 3 atom stereocenters. The Balaban J connectivity index is 2.62. The SMILES string of the molecule is C=C[C@](C)(O)[C@@]1([C@@H](C)C/C=C/C(C)(C)OC)CO1. The zero-order chi connectivity index (χ0) is 14.0. The third kappa shape index (κ3) is 3.02. The predicted octanol–water partition coefficient (Wildman–Crippen LogP) is 2.70. The van der Waals surface area contributed by atoms with Gasteiger partial charge in [-0.1, -0.05) is 25.2 Å². The van der Waals surface area contributed by atoms with Gasteiger partial charge in [0.15, 0.2) is 0 Å². The Morgan fingerprint density at radius 3 is 2.44 bits per heavy atom. The molecule has 1 N–H and O–H groups in total. The van der Waals surface area contributed by atoms with Gasteiger partial charge >= 0.3 is 0 Å². The van der Waals surface area contributed by atoms with Gasteiger partial charge in [0.05, 0.1) is 12.2 Å². The Labute approximate surface area is 110 Å². The van der Waals surface area contributed by atoms with Crippen molar-refractivity contribution in [3.63, 3.8) is 0 Å². The van der Waals surface area contributed by atoms with Crippen LogP contribution < -0.4 is 0 Å². The van der Waals surface area contributed by atoms with Crippen LogP contribution in [0.4, 0.5) is 0 Å². The molecule has 1 fully saturated rings. The van der Waals surface area contributed by atoms with Crippen LogP contribution in [0.1, 0.15) is 34.1 Å². The third-order valence-electron chi connectivity index (χ3n) is 4.04. The molecule has 3 nitrogen and oxygen atoms in total. The van der Waals surface area contributed by atoms with Gasteiger partial charge in [-0.25, -0.2) is 0 Å². The minimum absolute atomic E-state index is 0.231. The van der Waals surface area contributed by atoms with E-state index in [1.807, 2.05) is 19.9 Å².